The van der Waals surface area contributed by atoms with Gasteiger partial charge in [0.15, 0.2) is 0 Å². The van der Waals surface area contributed by atoms with E-state index in [1.54, 1.807) is 0 Å². The van der Waals surface area contributed by atoms with Gasteiger partial charge in [0.2, 0.25) is 0 Å². The first-order valence-corrected chi connectivity index (χ1v) is 8.07. The van der Waals surface area contributed by atoms with Crippen LogP contribution in [0.4, 0.5) is 5.69 Å². The molecular formula is C17H27N3. The molecule has 1 aromatic rings. The fourth-order valence-electron chi connectivity index (χ4n) is 3.77. The monoisotopic (exact) mass is 273 g/mol. The number of aromatic nitrogens is 1. The summed E-state index contributed by atoms with van der Waals surface area (Å²) in [4.78, 5) is 9.75. The predicted molar refractivity (Wildman–Crippen MR) is 84.2 cm³/mol. The second kappa shape index (κ2) is 5.72. The molecule has 1 aromatic heterocycles. The summed E-state index contributed by atoms with van der Waals surface area (Å²) in [5.41, 5.74) is 2.57. The van der Waals surface area contributed by atoms with Gasteiger partial charge in [0, 0.05) is 31.4 Å². The Morgan fingerprint density at radius 1 is 1.20 bits per heavy atom. The van der Waals surface area contributed by atoms with Gasteiger partial charge in [0.05, 0.1) is 11.9 Å². The molecule has 0 radical (unpaired) electrons. The van der Waals surface area contributed by atoms with Crippen LogP contribution in [0.2, 0.25) is 0 Å². The molecule has 2 aliphatic heterocycles. The maximum Gasteiger partial charge on any atom is 0.0558 e. The second-order valence-electron chi connectivity index (χ2n) is 6.83. The van der Waals surface area contributed by atoms with Crippen LogP contribution < -0.4 is 4.90 Å². The molecular weight excluding hydrogens is 246 g/mol. The van der Waals surface area contributed by atoms with E-state index in [1.165, 1.54) is 50.1 Å². The van der Waals surface area contributed by atoms with Gasteiger partial charge in [-0.3, -0.25) is 9.88 Å². The molecule has 0 bridgehead atoms. The Bertz CT molecular complexity index is 457. The minimum absolute atomic E-state index is 0.618. The fraction of sp³-hybridized carbons (Fsp3) is 0.706. The molecule has 0 aromatic carbocycles. The van der Waals surface area contributed by atoms with E-state index in [-0.39, 0.29) is 0 Å². The van der Waals surface area contributed by atoms with E-state index in [0.717, 1.165) is 6.04 Å². The Kier molecular flexibility index (Phi) is 3.97. The minimum Gasteiger partial charge on any atom is -0.364 e. The number of fused-ring (bicyclic) bond motifs is 1. The lowest BCUT2D eigenvalue weighted by molar-refractivity contribution is 0.100. The summed E-state index contributed by atoms with van der Waals surface area (Å²) >= 11 is 0. The van der Waals surface area contributed by atoms with E-state index in [2.05, 4.69) is 41.6 Å². The smallest absolute Gasteiger partial charge is 0.0558 e. The van der Waals surface area contributed by atoms with Crippen LogP contribution >= 0.6 is 0 Å². The van der Waals surface area contributed by atoms with E-state index in [4.69, 9.17) is 0 Å². The third-order valence-electron chi connectivity index (χ3n) is 4.94. The summed E-state index contributed by atoms with van der Waals surface area (Å²) in [7, 11) is 0. The topological polar surface area (TPSA) is 19.4 Å². The van der Waals surface area contributed by atoms with Gasteiger partial charge in [-0.2, -0.15) is 0 Å². The first-order valence-electron chi connectivity index (χ1n) is 8.07. The van der Waals surface area contributed by atoms with Crippen molar-refractivity contribution in [2.24, 2.45) is 5.92 Å². The van der Waals surface area contributed by atoms with Gasteiger partial charge in [-0.15, -0.1) is 0 Å². The first kappa shape index (κ1) is 13.9. The summed E-state index contributed by atoms with van der Waals surface area (Å²) in [5.74, 6) is 0.679. The van der Waals surface area contributed by atoms with Crippen molar-refractivity contribution >= 4 is 5.69 Å². The molecule has 2 fully saturated rings. The minimum atomic E-state index is 0.618. The Morgan fingerprint density at radius 2 is 2.05 bits per heavy atom. The number of aryl methyl sites for hydroxylation is 1. The van der Waals surface area contributed by atoms with Gasteiger partial charge >= 0.3 is 0 Å². The van der Waals surface area contributed by atoms with Gasteiger partial charge in [-0.05, 0) is 43.9 Å². The molecule has 2 aliphatic rings. The SMILES string of the molecule is Cc1cncc(N2CC3CCCCN3CC2C(C)C)c1. The molecule has 0 aliphatic carbocycles. The molecule has 0 saturated carbocycles. The zero-order chi connectivity index (χ0) is 14.1. The third-order valence-corrected chi connectivity index (χ3v) is 4.94. The molecule has 0 N–H and O–H groups in total. The molecule has 3 heteroatoms. The lowest BCUT2D eigenvalue weighted by Crippen LogP contribution is -2.61. The van der Waals surface area contributed by atoms with Gasteiger partial charge < -0.3 is 4.90 Å². The largest absolute Gasteiger partial charge is 0.364 e. The zero-order valence-electron chi connectivity index (χ0n) is 13.0. The lowest BCUT2D eigenvalue weighted by Gasteiger charge is -2.50. The Morgan fingerprint density at radius 3 is 2.80 bits per heavy atom. The normalized spacial score (nSPS) is 27.7. The average molecular weight is 273 g/mol. The maximum atomic E-state index is 4.40. The van der Waals surface area contributed by atoms with Crippen LogP contribution in [0.25, 0.3) is 0 Å². The highest BCUT2D eigenvalue weighted by Gasteiger charge is 2.36. The van der Waals surface area contributed by atoms with Crippen molar-refractivity contribution in [3.63, 3.8) is 0 Å². The van der Waals surface area contributed by atoms with Gasteiger partial charge in [-0.1, -0.05) is 20.3 Å². The standard InChI is InChI=1S/C17H27N3/c1-13(2)17-12-19-7-5-4-6-15(19)11-20(17)16-8-14(3)9-18-10-16/h8-10,13,15,17H,4-7,11-12H2,1-3H3. The zero-order valence-corrected chi connectivity index (χ0v) is 13.0. The molecule has 0 spiro atoms. The number of hydrogen-bond donors (Lipinski definition) is 0. The quantitative estimate of drug-likeness (QED) is 0.825. The number of anilines is 1. The van der Waals surface area contributed by atoms with Crippen LogP contribution in [0, 0.1) is 12.8 Å². The van der Waals surface area contributed by atoms with E-state index in [1.807, 2.05) is 12.4 Å². The van der Waals surface area contributed by atoms with Crippen molar-refractivity contribution in [1.29, 1.82) is 0 Å². The van der Waals surface area contributed by atoms with E-state index < -0.39 is 0 Å². The summed E-state index contributed by atoms with van der Waals surface area (Å²) in [6.45, 7) is 10.5. The van der Waals surface area contributed by atoms with Crippen molar-refractivity contribution in [2.75, 3.05) is 24.5 Å². The highest BCUT2D eigenvalue weighted by Crippen LogP contribution is 2.30. The number of hydrogen-bond acceptors (Lipinski definition) is 3. The van der Waals surface area contributed by atoms with Crippen LogP contribution in [-0.4, -0.2) is 41.6 Å². The average Bonchev–Trinajstić information content (AvgIpc) is 2.46. The number of nitrogens with zero attached hydrogens (tertiary/aromatic N) is 3. The van der Waals surface area contributed by atoms with Crippen LogP contribution in [0.3, 0.4) is 0 Å². The first-order chi connectivity index (χ1) is 9.65. The fourth-order valence-corrected chi connectivity index (χ4v) is 3.77. The maximum absolute atomic E-state index is 4.40. The van der Waals surface area contributed by atoms with Crippen LogP contribution in [0.15, 0.2) is 18.5 Å². The number of pyridine rings is 1. The molecule has 2 atom stereocenters. The van der Waals surface area contributed by atoms with Gasteiger partial charge in [0.25, 0.3) is 0 Å². The van der Waals surface area contributed by atoms with Crippen LogP contribution in [0.1, 0.15) is 38.7 Å². The van der Waals surface area contributed by atoms with Crippen molar-refractivity contribution in [3.8, 4) is 0 Å². The lowest BCUT2D eigenvalue weighted by atomic mass is 9.91. The van der Waals surface area contributed by atoms with Crippen molar-refractivity contribution < 1.29 is 0 Å². The Hall–Kier alpha value is -1.09. The molecule has 3 rings (SSSR count). The summed E-state index contributed by atoms with van der Waals surface area (Å²) in [5, 5.41) is 0. The third kappa shape index (κ3) is 2.69. The Labute approximate surface area is 123 Å². The highest BCUT2D eigenvalue weighted by atomic mass is 15.3. The van der Waals surface area contributed by atoms with E-state index >= 15 is 0 Å². The summed E-state index contributed by atoms with van der Waals surface area (Å²) < 4.78 is 0. The second-order valence-corrected chi connectivity index (χ2v) is 6.83. The molecule has 2 unspecified atom stereocenters. The van der Waals surface area contributed by atoms with Crippen LogP contribution in [0.5, 0.6) is 0 Å². The molecule has 0 amide bonds. The van der Waals surface area contributed by atoms with Gasteiger partial charge in [-0.25, -0.2) is 0 Å². The highest BCUT2D eigenvalue weighted by molar-refractivity contribution is 5.48. The van der Waals surface area contributed by atoms with E-state index in [0.29, 0.717) is 12.0 Å². The molecule has 110 valence electrons. The molecule has 20 heavy (non-hydrogen) atoms. The number of piperidine rings is 1. The van der Waals surface area contributed by atoms with Crippen LogP contribution in [-0.2, 0) is 0 Å². The molecule has 2 saturated heterocycles. The summed E-state index contributed by atoms with van der Waals surface area (Å²) in [6, 6.07) is 3.66. The van der Waals surface area contributed by atoms with Crippen molar-refractivity contribution in [3.05, 3.63) is 24.0 Å². The van der Waals surface area contributed by atoms with Crippen molar-refractivity contribution in [1.82, 2.24) is 9.88 Å². The Balaban J connectivity index is 1.86. The molecule has 3 heterocycles. The molecule has 3 nitrogen and oxygen atoms in total. The number of piperazine rings is 1. The number of rotatable bonds is 2. The van der Waals surface area contributed by atoms with Crippen molar-refractivity contribution in [2.45, 2.75) is 52.1 Å². The predicted octanol–water partition coefficient (Wildman–Crippen LogP) is 3.09. The van der Waals surface area contributed by atoms with E-state index in [9.17, 15) is 0 Å². The van der Waals surface area contributed by atoms with Gasteiger partial charge in [0.1, 0.15) is 0 Å². The summed E-state index contributed by atoms with van der Waals surface area (Å²) in [6.07, 6.45) is 8.13.